The maximum Gasteiger partial charge on any atom is 0.420 e. The Balaban J connectivity index is 2.63. The van der Waals surface area contributed by atoms with E-state index in [1.165, 1.54) is 38.4 Å². The normalized spacial score (nSPS) is 11.2. The molecule has 3 amide bonds. The van der Waals surface area contributed by atoms with Gasteiger partial charge in [-0.15, -0.1) is 0 Å². The van der Waals surface area contributed by atoms with E-state index in [2.05, 4.69) is 5.32 Å². The Morgan fingerprint density at radius 3 is 2.29 bits per heavy atom. The summed E-state index contributed by atoms with van der Waals surface area (Å²) in [5.41, 5.74) is -0.994. The third kappa shape index (κ3) is 3.27. The molecule has 5 nitrogen and oxygen atoms in total. The minimum absolute atomic E-state index is 0.0316. The molecule has 2 rings (SSSR count). The van der Waals surface area contributed by atoms with Gasteiger partial charge in [0.05, 0.1) is 7.11 Å². The highest BCUT2D eigenvalue weighted by atomic mass is 19.4. The molecular formula is C16H15F3N2O3. The van der Waals surface area contributed by atoms with Crippen molar-refractivity contribution in [3.05, 3.63) is 41.5 Å². The maximum absolute atomic E-state index is 13.4. The van der Waals surface area contributed by atoms with Crippen LogP contribution in [0.3, 0.4) is 0 Å². The van der Waals surface area contributed by atoms with E-state index in [9.17, 15) is 22.8 Å². The topological polar surface area (TPSA) is 58.6 Å². The van der Waals surface area contributed by atoms with Crippen LogP contribution in [-0.4, -0.2) is 38.0 Å². The number of hydrogen-bond acceptors (Lipinski definition) is 3. The Labute approximate surface area is 136 Å². The van der Waals surface area contributed by atoms with E-state index in [0.29, 0.717) is 0 Å². The molecule has 0 saturated heterocycles. The van der Waals surface area contributed by atoms with Crippen molar-refractivity contribution in [2.24, 2.45) is 0 Å². The van der Waals surface area contributed by atoms with E-state index in [1.54, 1.807) is 0 Å². The van der Waals surface area contributed by atoms with Crippen LogP contribution in [0.4, 0.5) is 18.0 Å². The van der Waals surface area contributed by atoms with Crippen molar-refractivity contribution in [3.63, 3.8) is 0 Å². The summed E-state index contributed by atoms with van der Waals surface area (Å²) in [5.74, 6) is -1.12. The molecule has 0 unspecified atom stereocenters. The maximum atomic E-state index is 13.4. The van der Waals surface area contributed by atoms with Gasteiger partial charge in [-0.05, 0) is 29.0 Å². The molecular weight excluding hydrogens is 325 g/mol. The lowest BCUT2D eigenvalue weighted by molar-refractivity contribution is -0.137. The molecule has 0 aliphatic carbocycles. The van der Waals surface area contributed by atoms with Crippen molar-refractivity contribution < 1.29 is 27.5 Å². The van der Waals surface area contributed by atoms with Crippen LogP contribution in [0.5, 0.6) is 5.75 Å². The summed E-state index contributed by atoms with van der Waals surface area (Å²) in [6.07, 6.45) is -4.65. The number of fused-ring (bicyclic) bond motifs is 1. The van der Waals surface area contributed by atoms with E-state index in [-0.39, 0.29) is 22.1 Å². The SMILES string of the molecule is COc1ccc2c(C(=O)NC(=O)N(C)C)cccc2c1C(F)(F)F. The van der Waals surface area contributed by atoms with Gasteiger partial charge in [-0.3, -0.25) is 10.1 Å². The molecule has 0 saturated carbocycles. The molecule has 24 heavy (non-hydrogen) atoms. The quantitative estimate of drug-likeness (QED) is 0.913. The Kier molecular flexibility index (Phi) is 4.68. The van der Waals surface area contributed by atoms with Crippen molar-refractivity contribution in [1.29, 1.82) is 0 Å². The fourth-order valence-corrected chi connectivity index (χ4v) is 2.27. The monoisotopic (exact) mass is 340 g/mol. The minimum atomic E-state index is -4.65. The number of rotatable bonds is 2. The first-order valence-corrected chi connectivity index (χ1v) is 6.86. The van der Waals surface area contributed by atoms with Gasteiger partial charge in [0.1, 0.15) is 11.3 Å². The first-order valence-electron chi connectivity index (χ1n) is 6.86. The van der Waals surface area contributed by atoms with Gasteiger partial charge in [0.25, 0.3) is 5.91 Å². The number of amides is 3. The summed E-state index contributed by atoms with van der Waals surface area (Å²) in [6, 6.07) is 5.78. The van der Waals surface area contributed by atoms with Gasteiger partial charge < -0.3 is 9.64 Å². The Morgan fingerprint density at radius 1 is 1.08 bits per heavy atom. The largest absolute Gasteiger partial charge is 0.496 e. The number of nitrogens with one attached hydrogen (secondary N) is 1. The van der Waals surface area contributed by atoms with Crippen LogP contribution < -0.4 is 10.1 Å². The van der Waals surface area contributed by atoms with Crippen LogP contribution >= 0.6 is 0 Å². The van der Waals surface area contributed by atoms with Gasteiger partial charge in [0, 0.05) is 19.7 Å². The number of nitrogens with zero attached hydrogens (tertiary/aromatic N) is 1. The van der Waals surface area contributed by atoms with Gasteiger partial charge in [-0.25, -0.2) is 4.79 Å². The van der Waals surface area contributed by atoms with E-state index in [0.717, 1.165) is 18.1 Å². The number of hydrogen-bond donors (Lipinski definition) is 1. The number of carbonyl (C=O) groups excluding carboxylic acids is 2. The number of halogens is 3. The molecule has 1 N–H and O–H groups in total. The zero-order valence-electron chi connectivity index (χ0n) is 13.2. The first-order chi connectivity index (χ1) is 11.2. The van der Waals surface area contributed by atoms with Gasteiger partial charge in [-0.1, -0.05) is 12.1 Å². The lowest BCUT2D eigenvalue weighted by Gasteiger charge is -2.16. The van der Waals surface area contributed by atoms with Crippen LogP contribution in [0.15, 0.2) is 30.3 Å². The standard InChI is InChI=1S/C16H15F3N2O3/c1-21(2)15(23)20-14(22)11-6-4-5-10-9(11)7-8-12(24-3)13(10)16(17,18)19/h4-8H,1-3H3,(H,20,22,23). The molecule has 8 heteroatoms. The molecule has 0 aliphatic heterocycles. The molecule has 0 aromatic heterocycles. The van der Waals surface area contributed by atoms with Crippen LogP contribution in [0.2, 0.25) is 0 Å². The highest BCUT2D eigenvalue weighted by Crippen LogP contribution is 2.41. The molecule has 0 atom stereocenters. The lowest BCUT2D eigenvalue weighted by Crippen LogP contribution is -2.38. The second-order valence-electron chi connectivity index (χ2n) is 5.19. The summed E-state index contributed by atoms with van der Waals surface area (Å²) in [5, 5.41) is 2.01. The van der Waals surface area contributed by atoms with Crippen LogP contribution in [0.1, 0.15) is 15.9 Å². The number of alkyl halides is 3. The Hall–Kier alpha value is -2.77. The summed E-state index contributed by atoms with van der Waals surface area (Å²) < 4.78 is 44.9. The third-order valence-electron chi connectivity index (χ3n) is 3.40. The summed E-state index contributed by atoms with van der Waals surface area (Å²) in [7, 11) is 4.03. The summed E-state index contributed by atoms with van der Waals surface area (Å²) in [6.45, 7) is 0. The molecule has 2 aromatic rings. The molecule has 0 aliphatic rings. The van der Waals surface area contributed by atoms with Crippen molar-refractivity contribution in [2.45, 2.75) is 6.18 Å². The molecule has 0 radical (unpaired) electrons. The summed E-state index contributed by atoms with van der Waals surface area (Å²) in [4.78, 5) is 24.9. The van der Waals surface area contributed by atoms with Crippen molar-refractivity contribution in [2.75, 3.05) is 21.2 Å². The number of carbonyl (C=O) groups is 2. The fraction of sp³-hybridized carbons (Fsp3) is 0.250. The number of benzene rings is 2. The van der Waals surface area contributed by atoms with E-state index < -0.39 is 23.7 Å². The highest BCUT2D eigenvalue weighted by molar-refractivity contribution is 6.12. The van der Waals surface area contributed by atoms with E-state index >= 15 is 0 Å². The second-order valence-corrected chi connectivity index (χ2v) is 5.19. The van der Waals surface area contributed by atoms with Crippen molar-refractivity contribution in [3.8, 4) is 5.75 Å². The van der Waals surface area contributed by atoms with Gasteiger partial charge in [0.15, 0.2) is 0 Å². The zero-order chi connectivity index (χ0) is 18.1. The van der Waals surface area contributed by atoms with Crippen LogP contribution in [-0.2, 0) is 6.18 Å². The number of urea groups is 1. The molecule has 0 fully saturated rings. The lowest BCUT2D eigenvalue weighted by atomic mass is 9.98. The van der Waals surface area contributed by atoms with E-state index in [4.69, 9.17) is 4.74 Å². The second kappa shape index (κ2) is 6.38. The molecule has 128 valence electrons. The average molecular weight is 340 g/mol. The van der Waals surface area contributed by atoms with Crippen molar-refractivity contribution >= 4 is 22.7 Å². The summed E-state index contributed by atoms with van der Waals surface area (Å²) >= 11 is 0. The van der Waals surface area contributed by atoms with Crippen LogP contribution in [0, 0.1) is 0 Å². The Morgan fingerprint density at radius 2 is 1.75 bits per heavy atom. The number of imide groups is 1. The molecule has 0 bridgehead atoms. The average Bonchev–Trinajstić information content (AvgIpc) is 2.51. The molecule has 0 heterocycles. The minimum Gasteiger partial charge on any atom is -0.496 e. The predicted molar refractivity (Wildman–Crippen MR) is 82.1 cm³/mol. The zero-order valence-corrected chi connectivity index (χ0v) is 13.2. The van der Waals surface area contributed by atoms with Crippen LogP contribution in [0.25, 0.3) is 10.8 Å². The first kappa shape index (κ1) is 17.6. The smallest absolute Gasteiger partial charge is 0.420 e. The third-order valence-corrected chi connectivity index (χ3v) is 3.40. The van der Waals surface area contributed by atoms with Gasteiger partial charge >= 0.3 is 12.2 Å². The molecule has 2 aromatic carbocycles. The number of ether oxygens (including phenoxy) is 1. The van der Waals surface area contributed by atoms with Gasteiger partial charge in [0.2, 0.25) is 0 Å². The Bertz CT molecular complexity index is 801. The van der Waals surface area contributed by atoms with E-state index in [1.807, 2.05) is 0 Å². The molecule has 0 spiro atoms. The highest BCUT2D eigenvalue weighted by Gasteiger charge is 2.36. The number of methoxy groups -OCH3 is 1. The fourth-order valence-electron chi connectivity index (χ4n) is 2.27. The predicted octanol–water partition coefficient (Wildman–Crippen LogP) is 3.28. The van der Waals surface area contributed by atoms with Crippen molar-refractivity contribution in [1.82, 2.24) is 10.2 Å². The van der Waals surface area contributed by atoms with Gasteiger partial charge in [-0.2, -0.15) is 13.2 Å².